The summed E-state index contributed by atoms with van der Waals surface area (Å²) in [7, 11) is 3.23. The van der Waals surface area contributed by atoms with Crippen molar-refractivity contribution in [3.05, 3.63) is 83.7 Å². The Morgan fingerprint density at radius 3 is 2.22 bits per heavy atom. The fraction of sp³-hybridized carbons (Fsp3) is 0.222. The molecule has 0 aliphatic heterocycles. The van der Waals surface area contributed by atoms with E-state index in [9.17, 15) is 4.79 Å². The molecule has 0 saturated carbocycles. The van der Waals surface area contributed by atoms with Gasteiger partial charge in [0.05, 0.1) is 47.8 Å². The summed E-state index contributed by atoms with van der Waals surface area (Å²) in [6.07, 6.45) is 6.37. The van der Waals surface area contributed by atoms with Gasteiger partial charge in [-0.25, -0.2) is 14.2 Å². The van der Waals surface area contributed by atoms with Gasteiger partial charge in [0.2, 0.25) is 0 Å². The molecule has 2 aromatic carbocycles. The SMILES string of the molecule is COC(=O)c1cc2ccc(-n3cc(CCCc4cn(-c5ccc6cc(C)[nH]c6c5)nn4)nn3)cc2n1C. The number of carbonyl (C=O) groups is 1. The number of hydrogen-bond acceptors (Lipinski definition) is 6. The van der Waals surface area contributed by atoms with Crippen molar-refractivity contribution in [3.63, 3.8) is 0 Å². The molecule has 0 atom stereocenters. The maximum Gasteiger partial charge on any atom is 0.354 e. The molecule has 186 valence electrons. The van der Waals surface area contributed by atoms with Gasteiger partial charge in [-0.3, -0.25) is 0 Å². The number of H-pyrrole nitrogens is 1. The number of aryl methyl sites for hydroxylation is 4. The average molecular weight is 495 g/mol. The van der Waals surface area contributed by atoms with Gasteiger partial charge in [0.15, 0.2) is 0 Å². The highest BCUT2D eigenvalue weighted by Gasteiger charge is 2.15. The molecule has 0 fully saturated rings. The zero-order valence-electron chi connectivity index (χ0n) is 20.8. The minimum absolute atomic E-state index is 0.361. The molecule has 10 nitrogen and oxygen atoms in total. The highest BCUT2D eigenvalue weighted by atomic mass is 16.5. The molecule has 0 aliphatic carbocycles. The molecule has 10 heteroatoms. The number of aromatic nitrogens is 8. The van der Waals surface area contributed by atoms with Crippen molar-refractivity contribution in [1.29, 1.82) is 0 Å². The second-order valence-corrected chi connectivity index (χ2v) is 9.21. The van der Waals surface area contributed by atoms with E-state index in [0.717, 1.165) is 64.1 Å². The number of hydrogen-bond donors (Lipinski definition) is 1. The van der Waals surface area contributed by atoms with Crippen LogP contribution >= 0.6 is 0 Å². The summed E-state index contributed by atoms with van der Waals surface area (Å²) >= 11 is 0. The highest BCUT2D eigenvalue weighted by molar-refractivity contribution is 5.96. The molecule has 0 aliphatic rings. The monoisotopic (exact) mass is 494 g/mol. The number of nitrogens with zero attached hydrogens (tertiary/aromatic N) is 7. The van der Waals surface area contributed by atoms with Crippen LogP contribution in [0, 0.1) is 6.92 Å². The normalized spacial score (nSPS) is 11.5. The van der Waals surface area contributed by atoms with E-state index in [1.165, 1.54) is 12.5 Å². The van der Waals surface area contributed by atoms with E-state index in [1.54, 1.807) is 4.68 Å². The molecule has 0 spiro atoms. The van der Waals surface area contributed by atoms with Crippen LogP contribution in [0.25, 0.3) is 33.2 Å². The van der Waals surface area contributed by atoms with Gasteiger partial charge in [0.1, 0.15) is 5.69 Å². The maximum atomic E-state index is 12.0. The van der Waals surface area contributed by atoms with Crippen LogP contribution in [-0.2, 0) is 24.6 Å². The van der Waals surface area contributed by atoms with E-state index in [4.69, 9.17) is 4.74 Å². The first kappa shape index (κ1) is 22.7. The molecule has 4 aromatic heterocycles. The number of methoxy groups -OCH3 is 1. The smallest absolute Gasteiger partial charge is 0.354 e. The number of aromatic amines is 1. The molecule has 0 unspecified atom stereocenters. The predicted molar refractivity (Wildman–Crippen MR) is 139 cm³/mol. The largest absolute Gasteiger partial charge is 0.464 e. The van der Waals surface area contributed by atoms with Crippen molar-refractivity contribution in [2.24, 2.45) is 7.05 Å². The lowest BCUT2D eigenvalue weighted by molar-refractivity contribution is 0.0590. The van der Waals surface area contributed by atoms with Crippen LogP contribution in [0.3, 0.4) is 0 Å². The Kier molecular flexibility index (Phi) is 5.56. The minimum atomic E-state index is -0.361. The van der Waals surface area contributed by atoms with Crippen LogP contribution in [-0.4, -0.2) is 52.6 Å². The molecular formula is C27H26N8O2. The number of benzene rings is 2. The fourth-order valence-electron chi connectivity index (χ4n) is 4.69. The van der Waals surface area contributed by atoms with Crippen molar-refractivity contribution in [3.8, 4) is 11.4 Å². The van der Waals surface area contributed by atoms with Crippen LogP contribution in [0.5, 0.6) is 0 Å². The van der Waals surface area contributed by atoms with Gasteiger partial charge in [-0.1, -0.05) is 22.6 Å². The van der Waals surface area contributed by atoms with Crippen molar-refractivity contribution >= 4 is 27.8 Å². The molecular weight excluding hydrogens is 468 g/mol. The van der Waals surface area contributed by atoms with Gasteiger partial charge < -0.3 is 14.3 Å². The average Bonchev–Trinajstić information content (AvgIpc) is 3.69. The molecule has 0 bridgehead atoms. The zero-order valence-corrected chi connectivity index (χ0v) is 20.8. The Bertz CT molecular complexity index is 1750. The summed E-state index contributed by atoms with van der Waals surface area (Å²) in [5.74, 6) is -0.361. The lowest BCUT2D eigenvalue weighted by Crippen LogP contribution is -2.07. The third-order valence-electron chi connectivity index (χ3n) is 6.64. The Balaban J connectivity index is 1.11. The van der Waals surface area contributed by atoms with E-state index < -0.39 is 0 Å². The van der Waals surface area contributed by atoms with Crippen LogP contribution in [0.4, 0.5) is 0 Å². The third kappa shape index (κ3) is 4.26. The van der Waals surface area contributed by atoms with E-state index in [1.807, 2.05) is 53.0 Å². The molecule has 0 radical (unpaired) electrons. The summed E-state index contributed by atoms with van der Waals surface area (Å²) in [6, 6.07) is 16.1. The third-order valence-corrected chi connectivity index (χ3v) is 6.64. The summed E-state index contributed by atoms with van der Waals surface area (Å²) < 4.78 is 10.3. The van der Waals surface area contributed by atoms with E-state index in [-0.39, 0.29) is 5.97 Å². The number of ether oxygens (including phenoxy) is 1. The fourth-order valence-corrected chi connectivity index (χ4v) is 4.69. The first-order valence-electron chi connectivity index (χ1n) is 12.1. The summed E-state index contributed by atoms with van der Waals surface area (Å²) in [5, 5.41) is 19.5. The van der Waals surface area contributed by atoms with Crippen LogP contribution < -0.4 is 0 Å². The van der Waals surface area contributed by atoms with Crippen molar-refractivity contribution in [1.82, 2.24) is 39.5 Å². The quantitative estimate of drug-likeness (QED) is 0.335. The van der Waals surface area contributed by atoms with Gasteiger partial charge in [-0.2, -0.15) is 0 Å². The predicted octanol–water partition coefficient (Wildman–Crippen LogP) is 4.09. The van der Waals surface area contributed by atoms with Crippen LogP contribution in [0.2, 0.25) is 0 Å². The topological polar surface area (TPSA) is 108 Å². The highest BCUT2D eigenvalue weighted by Crippen LogP contribution is 2.23. The van der Waals surface area contributed by atoms with E-state index in [2.05, 4.69) is 56.8 Å². The van der Waals surface area contributed by atoms with Crippen molar-refractivity contribution in [2.75, 3.05) is 7.11 Å². The van der Waals surface area contributed by atoms with Gasteiger partial charge in [-0.15, -0.1) is 10.2 Å². The van der Waals surface area contributed by atoms with E-state index in [0.29, 0.717) is 5.69 Å². The van der Waals surface area contributed by atoms with Gasteiger partial charge >= 0.3 is 5.97 Å². The first-order chi connectivity index (χ1) is 18.0. The van der Waals surface area contributed by atoms with Crippen molar-refractivity contribution < 1.29 is 9.53 Å². The Hall–Kier alpha value is -4.73. The zero-order chi connectivity index (χ0) is 25.5. The maximum absolute atomic E-state index is 12.0. The number of fused-ring (bicyclic) bond motifs is 2. The Morgan fingerprint density at radius 2 is 1.54 bits per heavy atom. The molecule has 0 saturated heterocycles. The van der Waals surface area contributed by atoms with Crippen LogP contribution in [0.15, 0.2) is 60.9 Å². The molecule has 1 N–H and O–H groups in total. The second kappa shape index (κ2) is 9.05. The molecule has 6 aromatic rings. The van der Waals surface area contributed by atoms with Crippen molar-refractivity contribution in [2.45, 2.75) is 26.2 Å². The summed E-state index contributed by atoms with van der Waals surface area (Å²) in [6.45, 7) is 2.05. The van der Waals surface area contributed by atoms with E-state index >= 15 is 0 Å². The summed E-state index contributed by atoms with van der Waals surface area (Å²) in [5.41, 5.74) is 7.34. The van der Waals surface area contributed by atoms with Gasteiger partial charge in [-0.05, 0) is 68.0 Å². The molecule has 4 heterocycles. The molecule has 6 rings (SSSR count). The standard InChI is InChI=1S/C27H26N8O2/c1-17-11-18-7-9-22(13-24(18)28-17)34-15-20(29-31-34)5-4-6-21-16-35(32-30-21)23-10-8-19-12-26(27(36)37-3)33(2)25(19)14-23/h7-16,28H,4-6H2,1-3H3. The number of esters is 1. The lowest BCUT2D eigenvalue weighted by Gasteiger charge is -2.04. The van der Waals surface area contributed by atoms with Gasteiger partial charge in [0.25, 0.3) is 0 Å². The van der Waals surface area contributed by atoms with Crippen LogP contribution in [0.1, 0.15) is 34.0 Å². The number of carbonyl (C=O) groups excluding carboxylic acids is 1. The lowest BCUT2D eigenvalue weighted by atomic mass is 10.1. The first-order valence-corrected chi connectivity index (χ1v) is 12.1. The summed E-state index contributed by atoms with van der Waals surface area (Å²) in [4.78, 5) is 15.4. The van der Waals surface area contributed by atoms with Gasteiger partial charge in [0, 0.05) is 23.6 Å². The minimum Gasteiger partial charge on any atom is -0.464 e. The Morgan fingerprint density at radius 1 is 0.892 bits per heavy atom. The number of rotatable bonds is 7. The second-order valence-electron chi connectivity index (χ2n) is 9.21. The Labute approximate surface area is 212 Å². The molecule has 37 heavy (non-hydrogen) atoms. The number of nitrogens with one attached hydrogen (secondary N) is 1. The molecule has 0 amide bonds.